The predicted molar refractivity (Wildman–Crippen MR) is 116 cm³/mol. The van der Waals surface area contributed by atoms with E-state index < -0.39 is 21.9 Å². The van der Waals surface area contributed by atoms with Crippen LogP contribution in [0.25, 0.3) is 10.9 Å². The lowest BCUT2D eigenvalue weighted by molar-refractivity contribution is -0.141. The molecular formula is C24H21NO4S. The number of carbonyl (C=O) groups excluding carboxylic acids is 1. The second kappa shape index (κ2) is 7.80. The molecule has 0 radical (unpaired) electrons. The maximum absolute atomic E-state index is 13.7. The molecule has 0 aliphatic heterocycles. The van der Waals surface area contributed by atoms with Crippen molar-refractivity contribution in [1.82, 2.24) is 3.97 Å². The molecule has 0 aliphatic carbocycles. The number of carbonyl (C=O) groups is 1. The smallest absolute Gasteiger partial charge is 0.319 e. The topological polar surface area (TPSA) is 65.4 Å². The van der Waals surface area contributed by atoms with Crippen molar-refractivity contribution in [2.24, 2.45) is 0 Å². The summed E-state index contributed by atoms with van der Waals surface area (Å²) in [6.07, 6.45) is 0. The van der Waals surface area contributed by atoms with E-state index in [0.717, 1.165) is 10.9 Å². The summed E-state index contributed by atoms with van der Waals surface area (Å²) < 4.78 is 33.7. The SMILES string of the molecule is COC(=O)C(c1ccccc1)c1cc2ccccc2n1S(=O)(=O)c1ccc(C)cc1. The Morgan fingerprint density at radius 2 is 1.53 bits per heavy atom. The minimum absolute atomic E-state index is 0.160. The van der Waals surface area contributed by atoms with E-state index in [2.05, 4.69) is 0 Å². The van der Waals surface area contributed by atoms with Crippen LogP contribution in [0.2, 0.25) is 0 Å². The highest BCUT2D eigenvalue weighted by molar-refractivity contribution is 7.90. The standard InChI is InChI=1S/C24H21NO4S/c1-17-12-14-20(15-13-17)30(27,28)25-21-11-7-6-10-19(21)16-22(25)23(24(26)29-2)18-8-4-3-5-9-18/h3-16,23H,1-2H3. The lowest BCUT2D eigenvalue weighted by Crippen LogP contribution is -2.23. The molecule has 3 aromatic carbocycles. The number of benzene rings is 3. The van der Waals surface area contributed by atoms with E-state index in [0.29, 0.717) is 16.8 Å². The molecule has 1 aromatic heterocycles. The molecule has 1 unspecified atom stereocenters. The van der Waals surface area contributed by atoms with Crippen molar-refractivity contribution in [3.05, 3.63) is 102 Å². The van der Waals surface area contributed by atoms with Crippen LogP contribution in [0.15, 0.2) is 89.8 Å². The fraction of sp³-hybridized carbons (Fsp3) is 0.125. The van der Waals surface area contributed by atoms with E-state index in [4.69, 9.17) is 4.74 Å². The van der Waals surface area contributed by atoms with Crippen molar-refractivity contribution in [3.63, 3.8) is 0 Å². The van der Waals surface area contributed by atoms with Gasteiger partial charge in [0.2, 0.25) is 0 Å². The summed E-state index contributed by atoms with van der Waals surface area (Å²) in [6.45, 7) is 1.90. The molecule has 0 saturated heterocycles. The third kappa shape index (κ3) is 3.39. The summed E-state index contributed by atoms with van der Waals surface area (Å²) in [5.41, 5.74) is 2.48. The van der Waals surface area contributed by atoms with Gasteiger partial charge in [0.25, 0.3) is 10.0 Å². The van der Waals surface area contributed by atoms with Crippen LogP contribution in [-0.2, 0) is 19.6 Å². The molecule has 0 N–H and O–H groups in total. The number of esters is 1. The van der Waals surface area contributed by atoms with Gasteiger partial charge < -0.3 is 4.74 Å². The van der Waals surface area contributed by atoms with Gasteiger partial charge >= 0.3 is 5.97 Å². The summed E-state index contributed by atoms with van der Waals surface area (Å²) in [7, 11) is -2.65. The number of hydrogen-bond donors (Lipinski definition) is 0. The van der Waals surface area contributed by atoms with E-state index in [1.165, 1.54) is 11.1 Å². The Morgan fingerprint density at radius 3 is 2.20 bits per heavy atom. The number of rotatable bonds is 5. The molecule has 4 aromatic rings. The zero-order valence-electron chi connectivity index (χ0n) is 16.6. The van der Waals surface area contributed by atoms with Crippen molar-refractivity contribution < 1.29 is 17.9 Å². The van der Waals surface area contributed by atoms with Crippen LogP contribution in [0.5, 0.6) is 0 Å². The lowest BCUT2D eigenvalue weighted by atomic mass is 9.96. The lowest BCUT2D eigenvalue weighted by Gasteiger charge is -2.19. The van der Waals surface area contributed by atoms with E-state index in [9.17, 15) is 13.2 Å². The summed E-state index contributed by atoms with van der Waals surface area (Å²) in [4.78, 5) is 13.0. The van der Waals surface area contributed by atoms with E-state index >= 15 is 0 Å². The highest BCUT2D eigenvalue weighted by Gasteiger charge is 2.32. The average molecular weight is 420 g/mol. The number of aryl methyl sites for hydroxylation is 1. The molecule has 0 bridgehead atoms. The fourth-order valence-electron chi connectivity index (χ4n) is 3.63. The highest BCUT2D eigenvalue weighted by Crippen LogP contribution is 2.34. The van der Waals surface area contributed by atoms with Crippen molar-refractivity contribution in [2.45, 2.75) is 17.7 Å². The molecule has 1 atom stereocenters. The minimum atomic E-state index is -3.96. The second-order valence-corrected chi connectivity index (χ2v) is 8.86. The Balaban J connectivity index is 2.04. The number of nitrogens with zero attached hydrogens (tertiary/aromatic N) is 1. The molecule has 4 rings (SSSR count). The summed E-state index contributed by atoms with van der Waals surface area (Å²) >= 11 is 0. The third-order valence-corrected chi connectivity index (χ3v) is 6.87. The molecule has 0 amide bonds. The third-order valence-electron chi connectivity index (χ3n) is 5.12. The minimum Gasteiger partial charge on any atom is -0.468 e. The Hall–Kier alpha value is -3.38. The van der Waals surface area contributed by atoms with Crippen LogP contribution in [-0.4, -0.2) is 25.5 Å². The van der Waals surface area contributed by atoms with Gasteiger partial charge in [0.05, 0.1) is 23.2 Å². The average Bonchev–Trinajstić information content (AvgIpc) is 3.14. The predicted octanol–water partition coefficient (Wildman–Crippen LogP) is 4.49. The number of para-hydroxylation sites is 1. The molecular weight excluding hydrogens is 398 g/mol. The summed E-state index contributed by atoms with van der Waals surface area (Å²) in [6, 6.07) is 24.7. The normalized spacial score (nSPS) is 12.6. The van der Waals surface area contributed by atoms with Crippen molar-refractivity contribution in [1.29, 1.82) is 0 Å². The molecule has 1 heterocycles. The zero-order valence-corrected chi connectivity index (χ0v) is 17.5. The van der Waals surface area contributed by atoms with Crippen LogP contribution < -0.4 is 0 Å². The van der Waals surface area contributed by atoms with Gasteiger partial charge in [0.15, 0.2) is 0 Å². The van der Waals surface area contributed by atoms with Crippen LogP contribution >= 0.6 is 0 Å². The fourth-order valence-corrected chi connectivity index (χ4v) is 5.18. The molecule has 0 fully saturated rings. The first-order chi connectivity index (χ1) is 14.4. The maximum Gasteiger partial charge on any atom is 0.319 e. The van der Waals surface area contributed by atoms with Gasteiger partial charge in [-0.2, -0.15) is 0 Å². The van der Waals surface area contributed by atoms with Gasteiger partial charge in [-0.1, -0.05) is 66.2 Å². The number of fused-ring (bicyclic) bond motifs is 1. The molecule has 0 aliphatic rings. The van der Waals surface area contributed by atoms with Gasteiger partial charge in [-0.05, 0) is 36.8 Å². The van der Waals surface area contributed by atoms with Crippen molar-refractivity contribution >= 4 is 26.9 Å². The maximum atomic E-state index is 13.7. The molecule has 152 valence electrons. The number of aromatic nitrogens is 1. The van der Waals surface area contributed by atoms with Crippen molar-refractivity contribution in [3.8, 4) is 0 Å². The Bertz CT molecular complexity index is 1310. The van der Waals surface area contributed by atoms with E-state index in [-0.39, 0.29) is 4.90 Å². The Labute approximate surface area is 175 Å². The molecule has 5 nitrogen and oxygen atoms in total. The summed E-state index contributed by atoms with van der Waals surface area (Å²) in [5, 5.41) is 0.730. The van der Waals surface area contributed by atoms with Gasteiger partial charge in [-0.25, -0.2) is 12.4 Å². The number of ether oxygens (including phenoxy) is 1. The Kier molecular flexibility index (Phi) is 5.18. The van der Waals surface area contributed by atoms with Crippen LogP contribution in [0, 0.1) is 6.92 Å². The van der Waals surface area contributed by atoms with E-state index in [1.807, 2.05) is 37.3 Å². The first kappa shape index (κ1) is 19.9. The monoisotopic (exact) mass is 419 g/mol. The van der Waals surface area contributed by atoms with Crippen LogP contribution in [0.3, 0.4) is 0 Å². The first-order valence-electron chi connectivity index (χ1n) is 9.49. The van der Waals surface area contributed by atoms with E-state index in [1.54, 1.807) is 54.6 Å². The zero-order chi connectivity index (χ0) is 21.3. The Morgan fingerprint density at radius 1 is 0.900 bits per heavy atom. The van der Waals surface area contributed by atoms with Crippen LogP contribution in [0.4, 0.5) is 0 Å². The molecule has 0 spiro atoms. The number of hydrogen-bond acceptors (Lipinski definition) is 4. The molecule has 30 heavy (non-hydrogen) atoms. The van der Waals surface area contributed by atoms with Crippen LogP contribution in [0.1, 0.15) is 22.7 Å². The largest absolute Gasteiger partial charge is 0.468 e. The first-order valence-corrected chi connectivity index (χ1v) is 10.9. The quantitative estimate of drug-likeness (QED) is 0.447. The molecule has 0 saturated carbocycles. The molecule has 6 heteroatoms. The highest BCUT2D eigenvalue weighted by atomic mass is 32.2. The van der Waals surface area contributed by atoms with Crippen molar-refractivity contribution in [2.75, 3.05) is 7.11 Å². The number of methoxy groups -OCH3 is 1. The van der Waals surface area contributed by atoms with Gasteiger partial charge in [-0.15, -0.1) is 0 Å². The van der Waals surface area contributed by atoms with Gasteiger partial charge in [0.1, 0.15) is 5.92 Å². The summed E-state index contributed by atoms with van der Waals surface area (Å²) in [5.74, 6) is -1.41. The second-order valence-electron chi connectivity index (χ2n) is 7.08. The van der Waals surface area contributed by atoms with Gasteiger partial charge in [0, 0.05) is 5.39 Å². The van der Waals surface area contributed by atoms with Gasteiger partial charge in [-0.3, -0.25) is 4.79 Å².